The molecule has 0 aliphatic heterocycles. The molecule has 0 aliphatic rings. The SMILES string of the molecule is C[C@@H](Oc1cc(=O)oc2ccccc12)C(=O)O. The molecule has 0 spiro atoms. The summed E-state index contributed by atoms with van der Waals surface area (Å²) in [5.41, 5.74) is -0.205. The third-order valence-corrected chi connectivity index (χ3v) is 2.26. The summed E-state index contributed by atoms with van der Waals surface area (Å²) in [6.45, 7) is 1.39. The van der Waals surface area contributed by atoms with Gasteiger partial charge in [0.25, 0.3) is 0 Å². The predicted molar refractivity (Wildman–Crippen MR) is 60.2 cm³/mol. The lowest BCUT2D eigenvalue weighted by Crippen LogP contribution is -2.23. The van der Waals surface area contributed by atoms with E-state index >= 15 is 0 Å². The van der Waals surface area contributed by atoms with Gasteiger partial charge in [0.1, 0.15) is 11.3 Å². The van der Waals surface area contributed by atoms with Gasteiger partial charge in [-0.1, -0.05) is 12.1 Å². The number of rotatable bonds is 3. The molecule has 0 unspecified atom stereocenters. The molecule has 17 heavy (non-hydrogen) atoms. The van der Waals surface area contributed by atoms with E-state index in [-0.39, 0.29) is 5.75 Å². The predicted octanol–water partition coefficient (Wildman–Crippen LogP) is 1.64. The third kappa shape index (κ3) is 2.28. The molecule has 1 atom stereocenters. The molecular formula is C12H10O5. The molecule has 2 rings (SSSR count). The number of carboxylic acid groups (broad SMARTS) is 1. The summed E-state index contributed by atoms with van der Waals surface area (Å²) in [5, 5.41) is 9.33. The van der Waals surface area contributed by atoms with Crippen LogP contribution in [0, 0.1) is 0 Å². The Kier molecular flexibility index (Phi) is 2.82. The molecule has 0 radical (unpaired) electrons. The monoisotopic (exact) mass is 234 g/mol. The lowest BCUT2D eigenvalue weighted by atomic mass is 10.2. The minimum atomic E-state index is -1.10. The molecule has 1 aromatic carbocycles. The fourth-order valence-corrected chi connectivity index (χ4v) is 1.42. The maximum absolute atomic E-state index is 11.3. The van der Waals surface area contributed by atoms with Crippen molar-refractivity contribution in [3.8, 4) is 5.75 Å². The van der Waals surface area contributed by atoms with E-state index in [1.807, 2.05) is 0 Å². The van der Waals surface area contributed by atoms with Crippen molar-refractivity contribution in [3.05, 3.63) is 40.8 Å². The van der Waals surface area contributed by atoms with E-state index in [0.29, 0.717) is 11.0 Å². The molecule has 1 heterocycles. The summed E-state index contributed by atoms with van der Waals surface area (Å²) in [5.74, 6) is -0.880. The maximum Gasteiger partial charge on any atom is 0.344 e. The largest absolute Gasteiger partial charge is 0.479 e. The van der Waals surface area contributed by atoms with Crippen LogP contribution < -0.4 is 10.4 Å². The van der Waals surface area contributed by atoms with Crippen LogP contribution in [0.4, 0.5) is 0 Å². The van der Waals surface area contributed by atoms with Crippen molar-refractivity contribution in [1.82, 2.24) is 0 Å². The second-order valence-electron chi connectivity index (χ2n) is 3.52. The third-order valence-electron chi connectivity index (χ3n) is 2.26. The van der Waals surface area contributed by atoms with Crippen LogP contribution in [0.1, 0.15) is 6.92 Å². The van der Waals surface area contributed by atoms with Crippen LogP contribution in [-0.4, -0.2) is 17.2 Å². The molecule has 0 bridgehead atoms. The van der Waals surface area contributed by atoms with Gasteiger partial charge in [0.05, 0.1) is 11.5 Å². The maximum atomic E-state index is 11.3. The zero-order valence-electron chi connectivity index (χ0n) is 9.04. The zero-order valence-corrected chi connectivity index (χ0v) is 9.04. The van der Waals surface area contributed by atoms with E-state index in [4.69, 9.17) is 14.3 Å². The lowest BCUT2D eigenvalue weighted by Gasteiger charge is -2.11. The molecule has 2 aromatic rings. The Balaban J connectivity index is 2.52. The van der Waals surface area contributed by atoms with Gasteiger partial charge in [-0.25, -0.2) is 9.59 Å². The lowest BCUT2D eigenvalue weighted by molar-refractivity contribution is -0.144. The van der Waals surface area contributed by atoms with Gasteiger partial charge in [0, 0.05) is 0 Å². The number of benzene rings is 1. The molecule has 5 heteroatoms. The second kappa shape index (κ2) is 4.29. The smallest absolute Gasteiger partial charge is 0.344 e. The minimum Gasteiger partial charge on any atom is -0.479 e. The average Bonchev–Trinajstić information content (AvgIpc) is 2.28. The molecule has 0 aliphatic carbocycles. The molecular weight excluding hydrogens is 224 g/mol. The Bertz CT molecular complexity index is 614. The molecule has 0 saturated carbocycles. The second-order valence-corrected chi connectivity index (χ2v) is 3.52. The van der Waals surface area contributed by atoms with Crippen LogP contribution in [0.5, 0.6) is 5.75 Å². The normalized spacial score (nSPS) is 12.3. The van der Waals surface area contributed by atoms with Gasteiger partial charge >= 0.3 is 11.6 Å². The standard InChI is InChI=1S/C12H10O5/c1-7(12(14)15)16-10-6-11(13)17-9-5-3-2-4-8(9)10/h2-7H,1H3,(H,14,15)/t7-/m1/s1. The van der Waals surface area contributed by atoms with Crippen molar-refractivity contribution in [2.75, 3.05) is 0 Å². The molecule has 5 nitrogen and oxygen atoms in total. The Hall–Kier alpha value is -2.30. The molecule has 88 valence electrons. The first kappa shape index (κ1) is 11.2. The first-order valence-electron chi connectivity index (χ1n) is 5.00. The summed E-state index contributed by atoms with van der Waals surface area (Å²) in [7, 11) is 0. The number of para-hydroxylation sites is 1. The summed E-state index contributed by atoms with van der Waals surface area (Å²) in [4.78, 5) is 22.0. The van der Waals surface area contributed by atoms with Crippen molar-refractivity contribution < 1.29 is 19.1 Å². The fraction of sp³-hybridized carbons (Fsp3) is 0.167. The van der Waals surface area contributed by atoms with Crippen LogP contribution in [0.2, 0.25) is 0 Å². The van der Waals surface area contributed by atoms with Gasteiger partial charge in [-0.3, -0.25) is 0 Å². The quantitative estimate of drug-likeness (QED) is 0.817. The average molecular weight is 234 g/mol. The van der Waals surface area contributed by atoms with E-state index in [1.165, 1.54) is 6.92 Å². The number of aliphatic carboxylic acids is 1. The van der Waals surface area contributed by atoms with Crippen molar-refractivity contribution in [3.63, 3.8) is 0 Å². The van der Waals surface area contributed by atoms with E-state index < -0.39 is 17.7 Å². The van der Waals surface area contributed by atoms with Gasteiger partial charge < -0.3 is 14.3 Å². The van der Waals surface area contributed by atoms with Gasteiger partial charge in [0.15, 0.2) is 6.10 Å². The minimum absolute atomic E-state index is 0.215. The van der Waals surface area contributed by atoms with E-state index in [9.17, 15) is 9.59 Å². The van der Waals surface area contributed by atoms with Gasteiger partial charge in [0.2, 0.25) is 0 Å². The van der Waals surface area contributed by atoms with E-state index in [1.54, 1.807) is 24.3 Å². The molecule has 1 N–H and O–H groups in total. The number of ether oxygens (including phenoxy) is 1. The highest BCUT2D eigenvalue weighted by molar-refractivity contribution is 5.83. The van der Waals surface area contributed by atoms with Crippen molar-refractivity contribution >= 4 is 16.9 Å². The van der Waals surface area contributed by atoms with Crippen LogP contribution in [0.15, 0.2) is 39.5 Å². The van der Waals surface area contributed by atoms with Crippen molar-refractivity contribution in [1.29, 1.82) is 0 Å². The van der Waals surface area contributed by atoms with E-state index in [0.717, 1.165) is 6.07 Å². The molecule has 0 amide bonds. The molecule has 0 fully saturated rings. The number of carbonyl (C=O) groups is 1. The van der Waals surface area contributed by atoms with Crippen LogP contribution >= 0.6 is 0 Å². The summed E-state index contributed by atoms with van der Waals surface area (Å²) in [6, 6.07) is 7.93. The summed E-state index contributed by atoms with van der Waals surface area (Å²) < 4.78 is 10.2. The van der Waals surface area contributed by atoms with Crippen LogP contribution in [0.3, 0.4) is 0 Å². The Morgan fingerprint density at radius 1 is 1.41 bits per heavy atom. The first-order valence-corrected chi connectivity index (χ1v) is 5.00. The Morgan fingerprint density at radius 3 is 2.82 bits per heavy atom. The summed E-state index contributed by atoms with van der Waals surface area (Å²) >= 11 is 0. The fourth-order valence-electron chi connectivity index (χ4n) is 1.42. The number of hydrogen-bond donors (Lipinski definition) is 1. The topological polar surface area (TPSA) is 76.7 Å². The van der Waals surface area contributed by atoms with Crippen LogP contribution in [0.25, 0.3) is 11.0 Å². The van der Waals surface area contributed by atoms with E-state index in [2.05, 4.69) is 0 Å². The van der Waals surface area contributed by atoms with Gasteiger partial charge in [-0.2, -0.15) is 0 Å². The highest BCUT2D eigenvalue weighted by Gasteiger charge is 2.15. The molecule has 0 saturated heterocycles. The van der Waals surface area contributed by atoms with Crippen LogP contribution in [-0.2, 0) is 4.79 Å². The van der Waals surface area contributed by atoms with Crippen molar-refractivity contribution in [2.45, 2.75) is 13.0 Å². The van der Waals surface area contributed by atoms with Crippen molar-refractivity contribution in [2.24, 2.45) is 0 Å². The highest BCUT2D eigenvalue weighted by atomic mass is 16.5. The number of carboxylic acids is 1. The summed E-state index contributed by atoms with van der Waals surface area (Å²) in [6.07, 6.45) is -1.03. The van der Waals surface area contributed by atoms with Gasteiger partial charge in [-0.05, 0) is 19.1 Å². The highest BCUT2D eigenvalue weighted by Crippen LogP contribution is 2.24. The first-order chi connectivity index (χ1) is 8.08. The number of hydrogen-bond acceptors (Lipinski definition) is 4. The number of fused-ring (bicyclic) bond motifs is 1. The Morgan fingerprint density at radius 2 is 2.12 bits per heavy atom. The molecule has 1 aromatic heterocycles. The zero-order chi connectivity index (χ0) is 12.4. The Labute approximate surface area is 96.2 Å². The van der Waals surface area contributed by atoms with Gasteiger partial charge in [-0.15, -0.1) is 0 Å².